The second kappa shape index (κ2) is 7.40. The highest BCUT2D eigenvalue weighted by atomic mass is 32.1. The Morgan fingerprint density at radius 1 is 1.21 bits per heavy atom. The molecule has 0 aliphatic carbocycles. The maximum absolute atomic E-state index is 12.3. The molecule has 0 aliphatic heterocycles. The van der Waals surface area contributed by atoms with Gasteiger partial charge < -0.3 is 5.32 Å². The summed E-state index contributed by atoms with van der Waals surface area (Å²) in [5.41, 5.74) is 5.90. The van der Waals surface area contributed by atoms with Crippen molar-refractivity contribution in [2.45, 2.75) is 27.2 Å². The fourth-order valence-corrected chi connectivity index (χ4v) is 3.94. The van der Waals surface area contributed by atoms with Crippen molar-refractivity contribution in [2.24, 2.45) is 0 Å². The third-order valence-electron chi connectivity index (χ3n) is 4.52. The average Bonchev–Trinajstić information content (AvgIpc) is 3.38. The largest absolute Gasteiger partial charge is 0.326 e. The van der Waals surface area contributed by atoms with Gasteiger partial charge in [-0.25, -0.2) is 10.1 Å². The van der Waals surface area contributed by atoms with Crippen LogP contribution in [0.15, 0.2) is 42.0 Å². The molecule has 0 atom stereocenters. The van der Waals surface area contributed by atoms with Crippen molar-refractivity contribution in [3.63, 3.8) is 0 Å². The molecule has 4 aromatic rings. The van der Waals surface area contributed by atoms with Crippen LogP contribution in [0.4, 0.5) is 5.69 Å². The van der Waals surface area contributed by atoms with Crippen LogP contribution in [0.1, 0.15) is 22.0 Å². The molecule has 0 fully saturated rings. The van der Waals surface area contributed by atoms with Crippen molar-refractivity contribution in [3.05, 3.63) is 64.0 Å². The van der Waals surface area contributed by atoms with Crippen LogP contribution in [0, 0.1) is 20.8 Å². The van der Waals surface area contributed by atoms with Gasteiger partial charge in [-0.05, 0) is 39.0 Å². The zero-order valence-electron chi connectivity index (χ0n) is 15.9. The minimum absolute atomic E-state index is 0.0723. The Morgan fingerprint density at radius 2 is 2.00 bits per heavy atom. The first-order valence-electron chi connectivity index (χ1n) is 8.87. The molecule has 0 saturated heterocycles. The van der Waals surface area contributed by atoms with Gasteiger partial charge in [0.15, 0.2) is 0 Å². The lowest BCUT2D eigenvalue weighted by Gasteiger charge is -2.05. The van der Waals surface area contributed by atoms with E-state index in [1.54, 1.807) is 0 Å². The number of hydrogen-bond donors (Lipinski definition) is 2. The molecule has 3 heterocycles. The molecule has 1 aromatic carbocycles. The van der Waals surface area contributed by atoms with E-state index < -0.39 is 0 Å². The Labute approximate surface area is 166 Å². The van der Waals surface area contributed by atoms with E-state index in [0.29, 0.717) is 5.95 Å². The topological polar surface area (TPSA) is 88.5 Å². The fraction of sp³-hybridized carbons (Fsp3) is 0.200. The molecule has 0 bridgehead atoms. The van der Waals surface area contributed by atoms with Crippen molar-refractivity contribution in [1.29, 1.82) is 0 Å². The summed E-state index contributed by atoms with van der Waals surface area (Å²) in [5, 5.41) is 12.5. The number of nitrogens with one attached hydrogen (secondary N) is 2. The first-order chi connectivity index (χ1) is 13.5. The van der Waals surface area contributed by atoms with Gasteiger partial charge in [-0.15, -0.1) is 11.3 Å². The maximum atomic E-state index is 12.3. The van der Waals surface area contributed by atoms with Gasteiger partial charge in [-0.3, -0.25) is 9.36 Å². The smallest absolute Gasteiger partial charge is 0.231 e. The van der Waals surface area contributed by atoms with E-state index >= 15 is 0 Å². The van der Waals surface area contributed by atoms with Crippen LogP contribution < -0.4 is 5.32 Å². The van der Waals surface area contributed by atoms with Gasteiger partial charge in [-0.2, -0.15) is 10.1 Å². The molecule has 0 radical (unpaired) electrons. The molecule has 8 heteroatoms. The Balaban J connectivity index is 1.51. The number of H-pyrrole nitrogens is 1. The summed E-state index contributed by atoms with van der Waals surface area (Å²) in [4.78, 5) is 21.2. The monoisotopic (exact) mass is 392 g/mol. The molecule has 2 N–H and O–H groups in total. The van der Waals surface area contributed by atoms with Gasteiger partial charge in [-0.1, -0.05) is 17.7 Å². The third kappa shape index (κ3) is 3.59. The zero-order valence-corrected chi connectivity index (χ0v) is 16.7. The highest BCUT2D eigenvalue weighted by Crippen LogP contribution is 2.29. The third-order valence-corrected chi connectivity index (χ3v) is 5.37. The van der Waals surface area contributed by atoms with E-state index in [0.717, 1.165) is 38.9 Å². The van der Waals surface area contributed by atoms with Crippen molar-refractivity contribution in [1.82, 2.24) is 24.7 Å². The Bertz CT molecular complexity index is 1110. The summed E-state index contributed by atoms with van der Waals surface area (Å²) in [7, 11) is 0. The molecule has 0 unspecified atom stereocenters. The van der Waals surface area contributed by atoms with Crippen molar-refractivity contribution in [3.8, 4) is 17.2 Å². The number of aromatic nitrogens is 5. The Hall–Kier alpha value is -3.26. The summed E-state index contributed by atoms with van der Waals surface area (Å²) < 4.78 is 2.01. The van der Waals surface area contributed by atoms with Crippen LogP contribution in [0.3, 0.4) is 0 Å². The van der Waals surface area contributed by atoms with Crippen LogP contribution in [0.25, 0.3) is 17.2 Å². The maximum Gasteiger partial charge on any atom is 0.231 e. The fourth-order valence-electron chi connectivity index (χ4n) is 3.15. The first kappa shape index (κ1) is 18.1. The number of aromatic amines is 1. The van der Waals surface area contributed by atoms with Gasteiger partial charge in [0.25, 0.3) is 0 Å². The summed E-state index contributed by atoms with van der Waals surface area (Å²) >= 11 is 1.49. The quantitative estimate of drug-likeness (QED) is 0.540. The zero-order chi connectivity index (χ0) is 19.7. The number of carbonyl (C=O) groups excluding carboxylic acids is 1. The summed E-state index contributed by atoms with van der Waals surface area (Å²) in [6, 6.07) is 9.82. The molecule has 3 aromatic heterocycles. The highest BCUT2D eigenvalue weighted by Gasteiger charge is 2.17. The summed E-state index contributed by atoms with van der Waals surface area (Å²) in [6.07, 6.45) is 1.74. The van der Waals surface area contributed by atoms with Crippen LogP contribution in [-0.4, -0.2) is 30.6 Å². The van der Waals surface area contributed by atoms with Gasteiger partial charge in [0.2, 0.25) is 11.9 Å². The van der Waals surface area contributed by atoms with Crippen molar-refractivity contribution >= 4 is 22.9 Å². The standard InChI is InChI=1S/C20H20N6OS/c1-12-4-6-15(7-5-12)23-18(27)9-19-24-17(10-28-19)16-8-13(2)26(14(16)3)20-21-11-22-25-20/h4-8,10-11H,9H2,1-3H3,(H,23,27)(H,21,22,25). The van der Waals surface area contributed by atoms with Crippen molar-refractivity contribution in [2.75, 3.05) is 5.32 Å². The number of rotatable bonds is 5. The molecule has 0 aliphatic rings. The van der Waals surface area contributed by atoms with Crippen LogP contribution in [-0.2, 0) is 11.2 Å². The van der Waals surface area contributed by atoms with Gasteiger partial charge >= 0.3 is 0 Å². The van der Waals surface area contributed by atoms with E-state index in [1.807, 2.05) is 55.0 Å². The molecule has 7 nitrogen and oxygen atoms in total. The predicted molar refractivity (Wildman–Crippen MR) is 110 cm³/mol. The summed E-state index contributed by atoms with van der Waals surface area (Å²) in [6.45, 7) is 6.05. The molecule has 1 amide bonds. The normalized spacial score (nSPS) is 11.0. The molecule has 0 spiro atoms. The van der Waals surface area contributed by atoms with Gasteiger partial charge in [0.05, 0.1) is 12.1 Å². The number of carbonyl (C=O) groups is 1. The molecule has 142 valence electrons. The summed E-state index contributed by atoms with van der Waals surface area (Å²) in [5.74, 6) is 0.603. The SMILES string of the molecule is Cc1ccc(NC(=O)Cc2nc(-c3cc(C)n(-c4ncn[nH]4)c3C)cs2)cc1. The number of benzene rings is 1. The number of hydrogen-bond acceptors (Lipinski definition) is 5. The minimum atomic E-state index is -0.0723. The second-order valence-electron chi connectivity index (χ2n) is 6.65. The molecule has 28 heavy (non-hydrogen) atoms. The lowest BCUT2D eigenvalue weighted by Crippen LogP contribution is -2.14. The molecular weight excluding hydrogens is 372 g/mol. The van der Waals surface area contributed by atoms with E-state index in [4.69, 9.17) is 0 Å². The first-order valence-corrected chi connectivity index (χ1v) is 9.75. The lowest BCUT2D eigenvalue weighted by atomic mass is 10.2. The predicted octanol–water partition coefficient (Wildman–Crippen LogP) is 3.83. The second-order valence-corrected chi connectivity index (χ2v) is 7.59. The lowest BCUT2D eigenvalue weighted by molar-refractivity contribution is -0.115. The molecule has 4 rings (SSSR count). The molecule has 0 saturated carbocycles. The van der Waals surface area contributed by atoms with E-state index in [2.05, 4.69) is 31.5 Å². The number of anilines is 1. The minimum Gasteiger partial charge on any atom is -0.326 e. The Kier molecular flexibility index (Phi) is 4.79. The van der Waals surface area contributed by atoms with E-state index in [-0.39, 0.29) is 12.3 Å². The van der Waals surface area contributed by atoms with E-state index in [9.17, 15) is 4.79 Å². The van der Waals surface area contributed by atoms with E-state index in [1.165, 1.54) is 17.7 Å². The van der Waals surface area contributed by atoms with Crippen molar-refractivity contribution < 1.29 is 4.79 Å². The van der Waals surface area contributed by atoms with Crippen LogP contribution in [0.2, 0.25) is 0 Å². The average molecular weight is 392 g/mol. The van der Waals surface area contributed by atoms with Gasteiger partial charge in [0.1, 0.15) is 11.3 Å². The van der Waals surface area contributed by atoms with Gasteiger partial charge in [0, 0.05) is 28.0 Å². The highest BCUT2D eigenvalue weighted by molar-refractivity contribution is 7.10. The number of aryl methyl sites for hydroxylation is 2. The molecular formula is C20H20N6OS. The number of amides is 1. The van der Waals surface area contributed by atoms with Crippen LogP contribution in [0.5, 0.6) is 0 Å². The number of thiazole rings is 1. The van der Waals surface area contributed by atoms with Crippen LogP contribution >= 0.6 is 11.3 Å². The Morgan fingerprint density at radius 3 is 2.71 bits per heavy atom. The number of nitrogens with zero attached hydrogens (tertiary/aromatic N) is 4.